The molecule has 0 aliphatic rings. The fourth-order valence-corrected chi connectivity index (χ4v) is 8.40. The van der Waals surface area contributed by atoms with Crippen LogP contribution < -0.4 is 0 Å². The van der Waals surface area contributed by atoms with Crippen molar-refractivity contribution in [2.45, 2.75) is 271 Å². The summed E-state index contributed by atoms with van der Waals surface area (Å²) in [4.78, 5) is 38.0. The van der Waals surface area contributed by atoms with Crippen molar-refractivity contribution < 1.29 is 28.6 Å². The third-order valence-electron chi connectivity index (χ3n) is 13.2. The number of hydrogen-bond donors (Lipinski definition) is 0. The van der Waals surface area contributed by atoms with Gasteiger partial charge in [-0.25, -0.2) is 0 Å². The number of esters is 3. The number of allylic oxidation sites excluding steroid dienone is 28. The van der Waals surface area contributed by atoms with Crippen molar-refractivity contribution in [2.24, 2.45) is 0 Å². The van der Waals surface area contributed by atoms with Crippen LogP contribution in [0, 0.1) is 0 Å². The summed E-state index contributed by atoms with van der Waals surface area (Å²) in [5, 5.41) is 0. The van der Waals surface area contributed by atoms with Gasteiger partial charge < -0.3 is 14.2 Å². The van der Waals surface area contributed by atoms with Crippen LogP contribution in [0.15, 0.2) is 170 Å². The van der Waals surface area contributed by atoms with E-state index in [1.165, 1.54) is 44.9 Å². The van der Waals surface area contributed by atoms with Gasteiger partial charge in [0.25, 0.3) is 0 Å². The highest BCUT2D eigenvalue weighted by Gasteiger charge is 2.19. The van der Waals surface area contributed by atoms with Crippen molar-refractivity contribution >= 4 is 17.9 Å². The summed E-state index contributed by atoms with van der Waals surface area (Å²) in [5.74, 6) is -0.936. The second-order valence-corrected chi connectivity index (χ2v) is 20.9. The molecular weight excluding hydrogens is 997 g/mol. The molecule has 0 N–H and O–H groups in total. The molecule has 0 aliphatic carbocycles. The molecule has 0 aromatic carbocycles. The Hall–Kier alpha value is -5.23. The molecule has 1 unspecified atom stereocenters. The quantitative estimate of drug-likeness (QED) is 0.0261. The second kappa shape index (κ2) is 67.3. The normalized spacial score (nSPS) is 13.3. The smallest absolute Gasteiger partial charge is 0.306 e. The number of rotatable bonds is 57. The molecule has 0 aliphatic heterocycles. The van der Waals surface area contributed by atoms with Crippen LogP contribution in [0.1, 0.15) is 265 Å². The predicted molar refractivity (Wildman–Crippen MR) is 352 cm³/mol. The minimum atomic E-state index is -0.795. The SMILES string of the molecule is CC/C=C\C/C=C\C/C=C\C/C=C\C/C=C\C/C=C\C/C=C\CCCCCCCCCC(=O)OCC(COC(=O)CCCCCCC)OC(=O)CCCCCCCCC/C=C\C/C=C\C/C=C\C/C=C\C/C=C\C/C=C\C/C=C\CC. The maximum atomic E-state index is 12.8. The highest BCUT2D eigenvalue weighted by Crippen LogP contribution is 2.14. The van der Waals surface area contributed by atoms with Gasteiger partial charge in [-0.05, 0) is 135 Å². The van der Waals surface area contributed by atoms with E-state index in [9.17, 15) is 14.4 Å². The lowest BCUT2D eigenvalue weighted by Crippen LogP contribution is -2.30. The Morgan fingerprint density at radius 2 is 0.481 bits per heavy atom. The lowest BCUT2D eigenvalue weighted by molar-refractivity contribution is -0.167. The van der Waals surface area contributed by atoms with Crippen molar-refractivity contribution in [3.05, 3.63) is 170 Å². The lowest BCUT2D eigenvalue weighted by atomic mass is 10.1. The number of carbonyl (C=O) groups is 3. The van der Waals surface area contributed by atoms with Gasteiger partial charge >= 0.3 is 17.9 Å². The Morgan fingerprint density at radius 3 is 0.753 bits per heavy atom. The van der Waals surface area contributed by atoms with Gasteiger partial charge in [0, 0.05) is 19.3 Å². The maximum absolute atomic E-state index is 12.8. The topological polar surface area (TPSA) is 78.9 Å². The predicted octanol–water partition coefficient (Wildman–Crippen LogP) is 22.7. The molecule has 0 saturated carbocycles. The monoisotopic (exact) mass is 1110 g/mol. The Labute approximate surface area is 498 Å². The maximum Gasteiger partial charge on any atom is 0.306 e. The second-order valence-electron chi connectivity index (χ2n) is 20.9. The average Bonchev–Trinajstić information content (AvgIpc) is 3.47. The van der Waals surface area contributed by atoms with E-state index in [2.05, 4.69) is 191 Å². The van der Waals surface area contributed by atoms with Gasteiger partial charge in [-0.15, -0.1) is 0 Å². The van der Waals surface area contributed by atoms with Gasteiger partial charge in [-0.1, -0.05) is 281 Å². The molecule has 81 heavy (non-hydrogen) atoms. The molecule has 0 aromatic heterocycles. The summed E-state index contributed by atoms with van der Waals surface area (Å²) in [7, 11) is 0. The van der Waals surface area contributed by atoms with Crippen LogP contribution in [0.25, 0.3) is 0 Å². The molecule has 1 atom stereocenters. The number of carbonyl (C=O) groups excluding carboxylic acids is 3. The average molecular weight is 1120 g/mol. The summed E-state index contributed by atoms with van der Waals surface area (Å²) in [6.07, 6.45) is 99.7. The van der Waals surface area contributed by atoms with Gasteiger partial charge in [-0.2, -0.15) is 0 Å². The van der Waals surface area contributed by atoms with E-state index in [-0.39, 0.29) is 31.1 Å². The van der Waals surface area contributed by atoms with Crippen molar-refractivity contribution in [3.63, 3.8) is 0 Å². The first-order chi connectivity index (χ1) is 40.0. The van der Waals surface area contributed by atoms with Crippen LogP contribution >= 0.6 is 0 Å². The van der Waals surface area contributed by atoms with E-state index in [1.54, 1.807) is 0 Å². The summed E-state index contributed by atoms with van der Waals surface area (Å²) in [6.45, 7) is 6.30. The first-order valence-electron chi connectivity index (χ1n) is 32.6. The Kier molecular flexibility index (Phi) is 62.9. The Morgan fingerprint density at radius 1 is 0.259 bits per heavy atom. The van der Waals surface area contributed by atoms with E-state index in [0.717, 1.165) is 180 Å². The lowest BCUT2D eigenvalue weighted by Gasteiger charge is -2.18. The molecule has 0 bridgehead atoms. The highest BCUT2D eigenvalue weighted by molar-refractivity contribution is 5.71. The zero-order valence-corrected chi connectivity index (χ0v) is 52.0. The van der Waals surface area contributed by atoms with Crippen molar-refractivity contribution in [2.75, 3.05) is 13.2 Å². The molecular formula is C75H118O6. The van der Waals surface area contributed by atoms with E-state index >= 15 is 0 Å². The minimum absolute atomic E-state index is 0.0935. The van der Waals surface area contributed by atoms with Crippen molar-refractivity contribution in [3.8, 4) is 0 Å². The zero-order chi connectivity index (χ0) is 58.5. The van der Waals surface area contributed by atoms with Crippen LogP contribution in [0.3, 0.4) is 0 Å². The molecule has 0 saturated heterocycles. The summed E-state index contributed by atoms with van der Waals surface area (Å²) < 4.78 is 16.8. The van der Waals surface area contributed by atoms with Crippen LogP contribution in [-0.2, 0) is 28.6 Å². The molecule has 0 rings (SSSR count). The van der Waals surface area contributed by atoms with Crippen LogP contribution in [0.2, 0.25) is 0 Å². The van der Waals surface area contributed by atoms with E-state index in [1.807, 2.05) is 0 Å². The minimum Gasteiger partial charge on any atom is -0.462 e. The van der Waals surface area contributed by atoms with Crippen LogP contribution in [0.5, 0.6) is 0 Å². The van der Waals surface area contributed by atoms with Crippen LogP contribution in [-0.4, -0.2) is 37.2 Å². The van der Waals surface area contributed by atoms with E-state index < -0.39 is 6.10 Å². The third-order valence-corrected chi connectivity index (χ3v) is 13.2. The Bertz CT molecular complexity index is 1860. The first kappa shape index (κ1) is 75.8. The van der Waals surface area contributed by atoms with Crippen molar-refractivity contribution in [1.82, 2.24) is 0 Å². The molecule has 0 spiro atoms. The largest absolute Gasteiger partial charge is 0.462 e. The fourth-order valence-electron chi connectivity index (χ4n) is 8.40. The molecule has 0 fully saturated rings. The standard InChI is InChI=1S/C75H118O6/c1-4-7-10-13-15-17-19-21-23-25-27-29-31-33-35-37-39-41-43-45-47-49-51-53-55-57-59-62-65-68-74(77)80-71-72(70-79-73(76)67-64-61-12-9-6-3)81-75(78)69-66-63-60-58-56-54-52-50-48-46-44-42-40-38-36-34-32-30-28-26-24-22-20-18-16-14-11-8-5-2/h7-8,10-11,15-18,21-24,27-30,33-36,39-42,45-48,72H,4-6,9,12-14,19-20,25-26,31-32,37-38,43-44,49-71H2,1-3H3/b10-7-,11-8-,17-15-,18-16-,23-21-,24-22-,29-27-,30-28-,35-33-,36-34-,41-39-,42-40-,47-45-,48-46-. The molecule has 454 valence electrons. The summed E-state index contributed by atoms with van der Waals surface area (Å²) in [5.41, 5.74) is 0. The van der Waals surface area contributed by atoms with Crippen molar-refractivity contribution in [1.29, 1.82) is 0 Å². The molecule has 6 heteroatoms. The molecule has 6 nitrogen and oxygen atoms in total. The fraction of sp³-hybridized carbons (Fsp3) is 0.587. The number of unbranched alkanes of at least 4 members (excludes halogenated alkanes) is 18. The van der Waals surface area contributed by atoms with Gasteiger partial charge in [0.1, 0.15) is 13.2 Å². The van der Waals surface area contributed by atoms with E-state index in [4.69, 9.17) is 14.2 Å². The number of hydrogen-bond acceptors (Lipinski definition) is 6. The Balaban J connectivity index is 4.15. The van der Waals surface area contributed by atoms with Gasteiger partial charge in [0.05, 0.1) is 0 Å². The first-order valence-corrected chi connectivity index (χ1v) is 32.6. The van der Waals surface area contributed by atoms with Gasteiger partial charge in [0.2, 0.25) is 0 Å². The third kappa shape index (κ3) is 65.5. The number of ether oxygens (including phenoxy) is 3. The van der Waals surface area contributed by atoms with Gasteiger partial charge in [-0.3, -0.25) is 14.4 Å². The highest BCUT2D eigenvalue weighted by atomic mass is 16.6. The summed E-state index contributed by atoms with van der Waals surface area (Å²) >= 11 is 0. The summed E-state index contributed by atoms with van der Waals surface area (Å²) in [6, 6.07) is 0. The molecule has 0 heterocycles. The molecule has 0 aromatic rings. The zero-order valence-electron chi connectivity index (χ0n) is 52.0. The van der Waals surface area contributed by atoms with Crippen LogP contribution in [0.4, 0.5) is 0 Å². The molecule has 0 radical (unpaired) electrons. The van der Waals surface area contributed by atoms with E-state index in [0.29, 0.717) is 19.3 Å². The molecule has 0 amide bonds. The van der Waals surface area contributed by atoms with Gasteiger partial charge in [0.15, 0.2) is 6.10 Å².